The van der Waals surface area contributed by atoms with Gasteiger partial charge in [0, 0.05) is 24.6 Å². The molecular formula is C27H25N3O3. The fourth-order valence-corrected chi connectivity index (χ4v) is 4.66. The summed E-state index contributed by atoms with van der Waals surface area (Å²) in [6, 6.07) is 25.7. The van der Waals surface area contributed by atoms with Crippen molar-refractivity contribution in [2.75, 3.05) is 6.54 Å². The number of fused-ring (bicyclic) bond motifs is 1. The number of hydrogen-bond acceptors (Lipinski definition) is 3. The number of benzene rings is 3. The van der Waals surface area contributed by atoms with E-state index in [0.29, 0.717) is 24.9 Å². The number of carbonyl (C=O) groups excluding carboxylic acids is 3. The summed E-state index contributed by atoms with van der Waals surface area (Å²) < 4.78 is 0. The number of amides is 3. The molecule has 2 fully saturated rings. The molecule has 0 unspecified atom stereocenters. The van der Waals surface area contributed by atoms with Gasteiger partial charge in [-0.1, -0.05) is 72.8 Å². The van der Waals surface area contributed by atoms with Crippen LogP contribution in [0, 0.1) is 0 Å². The molecule has 6 heteroatoms. The Labute approximate surface area is 192 Å². The highest BCUT2D eigenvalue weighted by atomic mass is 16.2. The van der Waals surface area contributed by atoms with Crippen LogP contribution in [0.25, 0.3) is 11.1 Å². The van der Waals surface area contributed by atoms with Crippen LogP contribution in [0.15, 0.2) is 84.9 Å². The van der Waals surface area contributed by atoms with Crippen molar-refractivity contribution >= 4 is 17.7 Å². The van der Waals surface area contributed by atoms with Crippen molar-refractivity contribution in [2.24, 2.45) is 0 Å². The average molecular weight is 440 g/mol. The predicted molar refractivity (Wildman–Crippen MR) is 125 cm³/mol. The molecule has 0 spiro atoms. The molecule has 0 radical (unpaired) electrons. The second-order valence-corrected chi connectivity index (χ2v) is 8.61. The Kier molecular flexibility index (Phi) is 5.65. The minimum Gasteiger partial charge on any atom is -0.347 e. The molecule has 2 N–H and O–H groups in total. The Morgan fingerprint density at radius 2 is 1.52 bits per heavy atom. The van der Waals surface area contributed by atoms with Crippen LogP contribution < -0.4 is 10.6 Å². The summed E-state index contributed by atoms with van der Waals surface area (Å²) in [5.41, 5.74) is 3.68. The quantitative estimate of drug-likeness (QED) is 0.642. The number of nitrogens with zero attached hydrogens (tertiary/aromatic N) is 1. The van der Waals surface area contributed by atoms with Gasteiger partial charge in [-0.05, 0) is 35.2 Å². The average Bonchev–Trinajstić information content (AvgIpc) is 3.28. The van der Waals surface area contributed by atoms with Gasteiger partial charge in [0.2, 0.25) is 11.8 Å². The second kappa shape index (κ2) is 8.90. The molecule has 166 valence electrons. The van der Waals surface area contributed by atoms with Gasteiger partial charge in [0.05, 0.1) is 0 Å². The Hall–Kier alpha value is -3.93. The molecule has 3 amide bonds. The molecule has 2 aliphatic rings. The molecular weight excluding hydrogens is 414 g/mol. The lowest BCUT2D eigenvalue weighted by Gasteiger charge is -2.34. The number of piperazine rings is 1. The van der Waals surface area contributed by atoms with Gasteiger partial charge in [-0.15, -0.1) is 0 Å². The highest BCUT2D eigenvalue weighted by Gasteiger charge is 2.46. The standard InChI is InChI=1S/C27H25N3O3/c31-25(21-13-11-20(12-14-21)19-9-5-2-6-10-19)28-22-16-24-26(32)29-23(27(33)30(24)17-22)15-18-7-3-1-4-8-18/h1-14,22-24H,15-17H2,(H,28,31)(H,29,32)/t22-,23+,24-/m0/s1. The van der Waals surface area contributed by atoms with Crippen LogP contribution in [-0.4, -0.2) is 47.3 Å². The first-order valence-electron chi connectivity index (χ1n) is 11.2. The van der Waals surface area contributed by atoms with Gasteiger partial charge in [-0.2, -0.15) is 0 Å². The third-order valence-corrected chi connectivity index (χ3v) is 6.37. The van der Waals surface area contributed by atoms with Crippen LogP contribution in [-0.2, 0) is 16.0 Å². The van der Waals surface area contributed by atoms with Gasteiger partial charge in [0.25, 0.3) is 5.91 Å². The van der Waals surface area contributed by atoms with Crippen molar-refractivity contribution in [1.82, 2.24) is 15.5 Å². The van der Waals surface area contributed by atoms with Gasteiger partial charge >= 0.3 is 0 Å². The molecule has 2 aliphatic heterocycles. The predicted octanol–water partition coefficient (Wildman–Crippen LogP) is 2.79. The van der Waals surface area contributed by atoms with E-state index in [4.69, 9.17) is 0 Å². The maximum atomic E-state index is 13.0. The largest absolute Gasteiger partial charge is 0.347 e. The van der Waals surface area contributed by atoms with E-state index >= 15 is 0 Å². The molecule has 2 heterocycles. The number of hydrogen-bond donors (Lipinski definition) is 2. The maximum Gasteiger partial charge on any atom is 0.251 e. The lowest BCUT2D eigenvalue weighted by molar-refractivity contribution is -0.147. The molecule has 3 aromatic carbocycles. The zero-order chi connectivity index (χ0) is 22.8. The van der Waals surface area contributed by atoms with Crippen LogP contribution in [0.2, 0.25) is 0 Å². The smallest absolute Gasteiger partial charge is 0.251 e. The van der Waals surface area contributed by atoms with Crippen molar-refractivity contribution in [3.63, 3.8) is 0 Å². The van der Waals surface area contributed by atoms with E-state index in [9.17, 15) is 14.4 Å². The van der Waals surface area contributed by atoms with E-state index in [1.807, 2.05) is 72.8 Å². The molecule has 0 saturated carbocycles. The lowest BCUT2D eigenvalue weighted by Crippen LogP contribution is -2.61. The van der Waals surface area contributed by atoms with E-state index in [1.54, 1.807) is 17.0 Å². The van der Waals surface area contributed by atoms with E-state index < -0.39 is 12.1 Å². The molecule has 0 bridgehead atoms. The lowest BCUT2D eigenvalue weighted by atomic mass is 10.0. The van der Waals surface area contributed by atoms with E-state index in [-0.39, 0.29) is 23.8 Å². The minimum absolute atomic E-state index is 0.0904. The summed E-state index contributed by atoms with van der Waals surface area (Å²) in [6.07, 6.45) is 0.878. The first kappa shape index (κ1) is 20.9. The van der Waals surface area contributed by atoms with Crippen molar-refractivity contribution in [1.29, 1.82) is 0 Å². The van der Waals surface area contributed by atoms with Crippen LogP contribution in [0.5, 0.6) is 0 Å². The summed E-state index contributed by atoms with van der Waals surface area (Å²) >= 11 is 0. The Balaban J connectivity index is 1.23. The SMILES string of the molecule is O=C(N[C@H]1C[C@H]2C(=O)N[C@H](Cc3ccccc3)C(=O)N2C1)c1ccc(-c2ccccc2)cc1. The van der Waals surface area contributed by atoms with Crippen molar-refractivity contribution in [3.05, 3.63) is 96.1 Å². The monoisotopic (exact) mass is 439 g/mol. The first-order valence-corrected chi connectivity index (χ1v) is 11.2. The number of nitrogens with one attached hydrogen (secondary N) is 2. The third kappa shape index (κ3) is 4.37. The van der Waals surface area contributed by atoms with Crippen molar-refractivity contribution in [3.8, 4) is 11.1 Å². The highest BCUT2D eigenvalue weighted by Crippen LogP contribution is 2.25. The second-order valence-electron chi connectivity index (χ2n) is 8.61. The zero-order valence-corrected chi connectivity index (χ0v) is 18.1. The zero-order valence-electron chi connectivity index (χ0n) is 18.1. The Bertz CT molecular complexity index is 1160. The topological polar surface area (TPSA) is 78.5 Å². The van der Waals surface area contributed by atoms with Crippen LogP contribution in [0.4, 0.5) is 0 Å². The van der Waals surface area contributed by atoms with Crippen LogP contribution in [0.1, 0.15) is 22.3 Å². The van der Waals surface area contributed by atoms with Crippen LogP contribution >= 0.6 is 0 Å². The third-order valence-electron chi connectivity index (χ3n) is 6.37. The number of carbonyl (C=O) groups is 3. The molecule has 2 saturated heterocycles. The van der Waals surface area contributed by atoms with Crippen LogP contribution in [0.3, 0.4) is 0 Å². The van der Waals surface area contributed by atoms with E-state index in [0.717, 1.165) is 16.7 Å². The van der Waals surface area contributed by atoms with E-state index in [2.05, 4.69) is 10.6 Å². The summed E-state index contributed by atoms with van der Waals surface area (Å²) in [7, 11) is 0. The van der Waals surface area contributed by atoms with Crippen molar-refractivity contribution in [2.45, 2.75) is 31.0 Å². The molecule has 3 atom stereocenters. The van der Waals surface area contributed by atoms with Gasteiger partial charge in [-0.25, -0.2) is 0 Å². The summed E-state index contributed by atoms with van der Waals surface area (Å²) in [4.78, 5) is 40.1. The number of rotatable bonds is 5. The molecule has 0 aromatic heterocycles. The van der Waals surface area contributed by atoms with Gasteiger partial charge in [0.15, 0.2) is 0 Å². The molecule has 33 heavy (non-hydrogen) atoms. The van der Waals surface area contributed by atoms with E-state index in [1.165, 1.54) is 0 Å². The maximum absolute atomic E-state index is 13.0. The van der Waals surface area contributed by atoms with Gasteiger partial charge < -0.3 is 15.5 Å². The fraction of sp³-hybridized carbons (Fsp3) is 0.222. The molecule has 3 aromatic rings. The Morgan fingerprint density at radius 1 is 0.879 bits per heavy atom. The Morgan fingerprint density at radius 3 is 2.21 bits per heavy atom. The van der Waals surface area contributed by atoms with Gasteiger partial charge in [-0.3, -0.25) is 14.4 Å². The minimum atomic E-state index is -0.573. The fourth-order valence-electron chi connectivity index (χ4n) is 4.66. The molecule has 5 rings (SSSR count). The summed E-state index contributed by atoms with van der Waals surface area (Å²) in [5.74, 6) is -0.444. The normalized spacial score (nSPS) is 21.9. The van der Waals surface area contributed by atoms with Gasteiger partial charge in [0.1, 0.15) is 12.1 Å². The summed E-state index contributed by atoms with van der Waals surface area (Å²) in [6.45, 7) is 0.343. The highest BCUT2D eigenvalue weighted by molar-refractivity contribution is 5.98. The molecule has 6 nitrogen and oxygen atoms in total. The van der Waals surface area contributed by atoms with Crippen molar-refractivity contribution < 1.29 is 14.4 Å². The summed E-state index contributed by atoms with van der Waals surface area (Å²) in [5, 5.41) is 5.87. The first-order chi connectivity index (χ1) is 16.1. The molecule has 0 aliphatic carbocycles.